The zero-order chi connectivity index (χ0) is 13.6. The van der Waals surface area contributed by atoms with Crippen LogP contribution < -0.4 is 15.2 Å². The topological polar surface area (TPSA) is 70.3 Å². The number of fused-ring (bicyclic) bond motifs is 1. The first-order chi connectivity index (χ1) is 9.06. The molecule has 19 heavy (non-hydrogen) atoms. The van der Waals surface area contributed by atoms with E-state index >= 15 is 0 Å². The standard InChI is InChI=1S/C12H9ClFN3O2/c1-5-9(14)11(15)17-12(16-5)6-2-7(13)10-8(3-6)18-4-19-10/h2-3H,4H2,1H3,(H2,15,16,17). The highest BCUT2D eigenvalue weighted by Crippen LogP contribution is 2.41. The Balaban J connectivity index is 2.15. The number of halogens is 2. The molecule has 0 fully saturated rings. The summed E-state index contributed by atoms with van der Waals surface area (Å²) >= 11 is 6.07. The molecule has 2 aromatic rings. The minimum Gasteiger partial charge on any atom is -0.454 e. The molecule has 0 saturated heterocycles. The van der Waals surface area contributed by atoms with Crippen molar-refractivity contribution in [3.63, 3.8) is 0 Å². The van der Waals surface area contributed by atoms with Crippen LogP contribution in [0.5, 0.6) is 11.5 Å². The SMILES string of the molecule is Cc1nc(-c2cc(Cl)c3c(c2)OCO3)nc(N)c1F. The summed E-state index contributed by atoms with van der Waals surface area (Å²) in [6.07, 6.45) is 0. The second-order valence-corrected chi connectivity index (χ2v) is 4.43. The number of nitrogen functional groups attached to an aromatic ring is 1. The van der Waals surface area contributed by atoms with Crippen LogP contribution in [0.25, 0.3) is 11.4 Å². The molecular formula is C12H9ClFN3O2. The Hall–Kier alpha value is -2.08. The van der Waals surface area contributed by atoms with E-state index < -0.39 is 5.82 Å². The summed E-state index contributed by atoms with van der Waals surface area (Å²) in [4.78, 5) is 7.96. The van der Waals surface area contributed by atoms with E-state index in [1.54, 1.807) is 12.1 Å². The highest BCUT2D eigenvalue weighted by atomic mass is 35.5. The van der Waals surface area contributed by atoms with Gasteiger partial charge in [0, 0.05) is 5.56 Å². The molecule has 0 unspecified atom stereocenters. The molecule has 0 radical (unpaired) electrons. The van der Waals surface area contributed by atoms with Crippen molar-refractivity contribution in [2.24, 2.45) is 0 Å². The van der Waals surface area contributed by atoms with Gasteiger partial charge in [0.1, 0.15) is 0 Å². The summed E-state index contributed by atoms with van der Waals surface area (Å²) in [5.41, 5.74) is 6.26. The van der Waals surface area contributed by atoms with Gasteiger partial charge in [-0.3, -0.25) is 0 Å². The number of hydrogen-bond donors (Lipinski definition) is 1. The number of ether oxygens (including phenoxy) is 2. The van der Waals surface area contributed by atoms with Crippen LogP contribution in [-0.2, 0) is 0 Å². The van der Waals surface area contributed by atoms with Crippen LogP contribution in [0, 0.1) is 12.7 Å². The van der Waals surface area contributed by atoms with Gasteiger partial charge in [-0.1, -0.05) is 11.6 Å². The summed E-state index contributed by atoms with van der Waals surface area (Å²) in [6, 6.07) is 3.31. The van der Waals surface area contributed by atoms with E-state index in [1.807, 2.05) is 0 Å². The van der Waals surface area contributed by atoms with Crippen LogP contribution in [0.1, 0.15) is 5.69 Å². The monoisotopic (exact) mass is 281 g/mol. The number of nitrogens with two attached hydrogens (primary N) is 1. The average molecular weight is 282 g/mol. The molecule has 2 N–H and O–H groups in total. The molecule has 1 aliphatic heterocycles. The number of rotatable bonds is 1. The molecule has 2 heterocycles. The third kappa shape index (κ3) is 1.94. The minimum absolute atomic E-state index is 0.115. The van der Waals surface area contributed by atoms with Gasteiger partial charge in [0.25, 0.3) is 0 Å². The fraction of sp³-hybridized carbons (Fsp3) is 0.167. The van der Waals surface area contributed by atoms with Gasteiger partial charge >= 0.3 is 0 Å². The lowest BCUT2D eigenvalue weighted by Crippen LogP contribution is -2.03. The van der Waals surface area contributed by atoms with Crippen LogP contribution in [-0.4, -0.2) is 16.8 Å². The van der Waals surface area contributed by atoms with E-state index in [4.69, 9.17) is 26.8 Å². The van der Waals surface area contributed by atoms with Gasteiger partial charge in [-0.05, 0) is 19.1 Å². The van der Waals surface area contributed by atoms with Crippen molar-refractivity contribution in [1.82, 2.24) is 9.97 Å². The largest absolute Gasteiger partial charge is 0.454 e. The Kier molecular flexibility index (Phi) is 2.67. The summed E-state index contributed by atoms with van der Waals surface area (Å²) < 4.78 is 23.9. The third-order valence-corrected chi connectivity index (χ3v) is 3.01. The first-order valence-electron chi connectivity index (χ1n) is 5.45. The zero-order valence-corrected chi connectivity index (χ0v) is 10.7. The number of nitrogens with zero attached hydrogens (tertiary/aromatic N) is 2. The smallest absolute Gasteiger partial charge is 0.231 e. The molecule has 1 aromatic carbocycles. The molecule has 0 atom stereocenters. The number of benzene rings is 1. The number of anilines is 1. The summed E-state index contributed by atoms with van der Waals surface area (Å²) in [5, 5.41) is 0.383. The Morgan fingerprint density at radius 3 is 2.84 bits per heavy atom. The number of aryl methyl sites for hydroxylation is 1. The fourth-order valence-electron chi connectivity index (χ4n) is 1.81. The Bertz CT molecular complexity index is 655. The molecule has 0 spiro atoms. The second-order valence-electron chi connectivity index (χ2n) is 4.02. The van der Waals surface area contributed by atoms with Crippen LogP contribution in [0.4, 0.5) is 10.2 Å². The van der Waals surface area contributed by atoms with E-state index in [0.29, 0.717) is 22.1 Å². The molecule has 0 saturated carbocycles. The molecule has 0 bridgehead atoms. The maximum Gasteiger partial charge on any atom is 0.231 e. The lowest BCUT2D eigenvalue weighted by atomic mass is 10.2. The van der Waals surface area contributed by atoms with E-state index in [2.05, 4.69) is 9.97 Å². The number of hydrogen-bond acceptors (Lipinski definition) is 5. The quantitative estimate of drug-likeness (QED) is 0.870. The van der Waals surface area contributed by atoms with Gasteiger partial charge < -0.3 is 15.2 Å². The Morgan fingerprint density at radius 2 is 2.11 bits per heavy atom. The normalized spacial score (nSPS) is 12.8. The summed E-state index contributed by atoms with van der Waals surface area (Å²) in [5.74, 6) is 0.465. The maximum atomic E-state index is 13.4. The van der Waals surface area contributed by atoms with Crippen molar-refractivity contribution in [3.05, 3.63) is 28.7 Å². The fourth-order valence-corrected chi connectivity index (χ4v) is 2.07. The lowest BCUT2D eigenvalue weighted by Gasteiger charge is -2.06. The van der Waals surface area contributed by atoms with Crippen molar-refractivity contribution in [3.8, 4) is 22.9 Å². The molecule has 98 valence electrons. The van der Waals surface area contributed by atoms with Crippen LogP contribution in [0.15, 0.2) is 12.1 Å². The van der Waals surface area contributed by atoms with E-state index in [9.17, 15) is 4.39 Å². The third-order valence-electron chi connectivity index (χ3n) is 2.73. The van der Waals surface area contributed by atoms with Crippen molar-refractivity contribution in [2.75, 3.05) is 12.5 Å². The minimum atomic E-state index is -0.615. The molecule has 3 rings (SSSR count). The molecular weight excluding hydrogens is 273 g/mol. The van der Waals surface area contributed by atoms with E-state index in [1.165, 1.54) is 6.92 Å². The van der Waals surface area contributed by atoms with Crippen molar-refractivity contribution in [2.45, 2.75) is 6.92 Å². The predicted molar refractivity (Wildman–Crippen MR) is 67.7 cm³/mol. The Morgan fingerprint density at radius 1 is 1.32 bits per heavy atom. The maximum absolute atomic E-state index is 13.4. The van der Waals surface area contributed by atoms with Crippen LogP contribution in [0.3, 0.4) is 0 Å². The van der Waals surface area contributed by atoms with Gasteiger partial charge in [0.15, 0.2) is 29.0 Å². The molecule has 7 heteroatoms. The highest BCUT2D eigenvalue weighted by molar-refractivity contribution is 6.32. The van der Waals surface area contributed by atoms with Gasteiger partial charge in [-0.2, -0.15) is 0 Å². The first kappa shape index (κ1) is 12.0. The zero-order valence-electron chi connectivity index (χ0n) is 9.91. The Labute approximate surface area is 113 Å². The van der Waals surface area contributed by atoms with Crippen molar-refractivity contribution >= 4 is 17.4 Å². The summed E-state index contributed by atoms with van der Waals surface area (Å²) in [7, 11) is 0. The molecule has 1 aromatic heterocycles. The molecule has 0 aliphatic carbocycles. The lowest BCUT2D eigenvalue weighted by molar-refractivity contribution is 0.174. The van der Waals surface area contributed by atoms with Gasteiger partial charge in [-0.25, -0.2) is 14.4 Å². The average Bonchev–Trinajstić information content (AvgIpc) is 2.84. The van der Waals surface area contributed by atoms with Crippen LogP contribution >= 0.6 is 11.6 Å². The van der Waals surface area contributed by atoms with Crippen molar-refractivity contribution in [1.29, 1.82) is 0 Å². The summed E-state index contributed by atoms with van der Waals surface area (Å²) in [6.45, 7) is 1.63. The predicted octanol–water partition coefficient (Wildman–Crippen LogP) is 2.56. The van der Waals surface area contributed by atoms with Crippen molar-refractivity contribution < 1.29 is 13.9 Å². The molecule has 0 amide bonds. The second kappa shape index (κ2) is 4.24. The number of aromatic nitrogens is 2. The highest BCUT2D eigenvalue weighted by Gasteiger charge is 2.20. The van der Waals surface area contributed by atoms with Crippen LogP contribution in [0.2, 0.25) is 5.02 Å². The van der Waals surface area contributed by atoms with Gasteiger partial charge in [0.2, 0.25) is 6.79 Å². The molecule has 1 aliphatic rings. The first-order valence-corrected chi connectivity index (χ1v) is 5.83. The van der Waals surface area contributed by atoms with Gasteiger partial charge in [-0.15, -0.1) is 0 Å². The van der Waals surface area contributed by atoms with Gasteiger partial charge in [0.05, 0.1) is 10.7 Å². The molecule has 5 nitrogen and oxygen atoms in total. The van der Waals surface area contributed by atoms with E-state index in [-0.39, 0.29) is 24.1 Å². The van der Waals surface area contributed by atoms with E-state index in [0.717, 1.165) is 0 Å².